The van der Waals surface area contributed by atoms with Crippen LogP contribution in [0.1, 0.15) is 37.9 Å². The molecule has 1 aromatic heterocycles. The number of rotatable bonds is 3. The molecule has 18 heavy (non-hydrogen) atoms. The molecule has 0 aromatic carbocycles. The van der Waals surface area contributed by atoms with Crippen LogP contribution in [0.15, 0.2) is 18.3 Å². The van der Waals surface area contributed by atoms with Crippen LogP contribution in [0.2, 0.25) is 0 Å². The smallest absolute Gasteiger partial charge is 0.240 e. The number of aliphatic hydroxyl groups is 1. The molecule has 3 N–H and O–H groups in total. The van der Waals surface area contributed by atoms with Crippen LogP contribution in [0, 0.1) is 0 Å². The number of carbonyl (C=O) groups is 1. The number of primary amides is 1. The summed E-state index contributed by atoms with van der Waals surface area (Å²) < 4.78 is 0. The molecule has 98 valence electrons. The summed E-state index contributed by atoms with van der Waals surface area (Å²) in [6.07, 6.45) is 3.94. The maximum absolute atomic E-state index is 11.5. The molecule has 2 rings (SSSR count). The minimum atomic E-state index is -0.538. The van der Waals surface area contributed by atoms with E-state index < -0.39 is 6.10 Å². The van der Waals surface area contributed by atoms with Crippen LogP contribution >= 0.6 is 0 Å². The van der Waals surface area contributed by atoms with Crippen molar-refractivity contribution >= 4 is 11.7 Å². The molecule has 1 fully saturated rings. The summed E-state index contributed by atoms with van der Waals surface area (Å²) in [7, 11) is 0. The summed E-state index contributed by atoms with van der Waals surface area (Å²) in [4.78, 5) is 17.7. The van der Waals surface area contributed by atoms with Crippen molar-refractivity contribution in [2.24, 2.45) is 5.73 Å². The summed E-state index contributed by atoms with van der Waals surface area (Å²) in [5.41, 5.74) is 6.23. The molecule has 5 nitrogen and oxygen atoms in total. The zero-order chi connectivity index (χ0) is 13.1. The summed E-state index contributed by atoms with van der Waals surface area (Å²) in [5, 5.41) is 9.58. The number of nitrogens with two attached hydrogens (primary N) is 1. The lowest BCUT2D eigenvalue weighted by Gasteiger charge is -2.34. The summed E-state index contributed by atoms with van der Waals surface area (Å²) in [6, 6.07) is 3.32. The van der Waals surface area contributed by atoms with E-state index in [9.17, 15) is 9.90 Å². The number of hydrogen-bond acceptors (Lipinski definition) is 4. The van der Waals surface area contributed by atoms with Crippen LogP contribution in [-0.4, -0.2) is 28.6 Å². The molecule has 5 heteroatoms. The molecule has 1 amide bonds. The Morgan fingerprint density at radius 2 is 2.39 bits per heavy atom. The third-order valence-electron chi connectivity index (χ3n) is 3.38. The van der Waals surface area contributed by atoms with E-state index in [0.29, 0.717) is 0 Å². The number of pyridine rings is 1. The first-order valence-electron chi connectivity index (χ1n) is 6.29. The number of hydrogen-bond donors (Lipinski definition) is 2. The van der Waals surface area contributed by atoms with E-state index in [1.54, 1.807) is 19.2 Å². The molecule has 1 aliphatic rings. The number of carbonyl (C=O) groups excluding carboxylic acids is 1. The van der Waals surface area contributed by atoms with Crippen molar-refractivity contribution in [2.75, 3.05) is 11.4 Å². The first-order valence-corrected chi connectivity index (χ1v) is 6.29. The molecule has 1 aliphatic heterocycles. The average Bonchev–Trinajstić information content (AvgIpc) is 2.39. The Balaban J connectivity index is 2.28. The number of piperidine rings is 1. The van der Waals surface area contributed by atoms with Gasteiger partial charge in [-0.3, -0.25) is 4.79 Å². The van der Waals surface area contributed by atoms with Gasteiger partial charge in [0.25, 0.3) is 0 Å². The molecule has 0 spiro atoms. The molecule has 1 aromatic rings. The lowest BCUT2D eigenvalue weighted by molar-refractivity contribution is -0.119. The van der Waals surface area contributed by atoms with Crippen molar-refractivity contribution < 1.29 is 9.90 Å². The highest BCUT2D eigenvalue weighted by Crippen LogP contribution is 2.25. The van der Waals surface area contributed by atoms with Crippen LogP contribution in [0.4, 0.5) is 5.82 Å². The SMILES string of the molecule is CC(O)c1ccnc(N2CCCCC2C(N)=O)c1. The molecule has 0 radical (unpaired) electrons. The second-order valence-corrected chi connectivity index (χ2v) is 4.73. The standard InChI is InChI=1S/C13H19N3O2/c1-9(17)10-5-6-15-12(8-10)16-7-3-2-4-11(16)13(14)18/h5-6,8-9,11,17H,2-4,7H2,1H3,(H2,14,18). The van der Waals surface area contributed by atoms with Crippen LogP contribution in [0.25, 0.3) is 0 Å². The van der Waals surface area contributed by atoms with Crippen molar-refractivity contribution in [1.29, 1.82) is 0 Å². The van der Waals surface area contributed by atoms with Gasteiger partial charge in [-0.1, -0.05) is 0 Å². The van der Waals surface area contributed by atoms with E-state index in [1.165, 1.54) is 0 Å². The Labute approximate surface area is 107 Å². The summed E-state index contributed by atoms with van der Waals surface area (Å²) in [5.74, 6) is 0.413. The third-order valence-corrected chi connectivity index (χ3v) is 3.38. The molecule has 0 saturated carbocycles. The molecule has 2 atom stereocenters. The van der Waals surface area contributed by atoms with Gasteiger partial charge in [-0.25, -0.2) is 4.98 Å². The van der Waals surface area contributed by atoms with Gasteiger partial charge in [0.1, 0.15) is 11.9 Å². The van der Waals surface area contributed by atoms with Crippen molar-refractivity contribution in [2.45, 2.75) is 38.3 Å². The van der Waals surface area contributed by atoms with Crippen molar-refractivity contribution in [3.05, 3.63) is 23.9 Å². The molecule has 0 bridgehead atoms. The zero-order valence-corrected chi connectivity index (χ0v) is 10.5. The van der Waals surface area contributed by atoms with Gasteiger partial charge in [0, 0.05) is 12.7 Å². The van der Waals surface area contributed by atoms with Crippen molar-refractivity contribution in [1.82, 2.24) is 4.98 Å². The van der Waals surface area contributed by atoms with Crippen LogP contribution in [0.3, 0.4) is 0 Å². The summed E-state index contributed by atoms with van der Waals surface area (Å²) >= 11 is 0. The molecule has 1 saturated heterocycles. The first kappa shape index (κ1) is 12.8. The second kappa shape index (κ2) is 5.35. The predicted molar refractivity (Wildman–Crippen MR) is 69.1 cm³/mol. The quantitative estimate of drug-likeness (QED) is 0.837. The minimum absolute atomic E-state index is 0.282. The van der Waals surface area contributed by atoms with Gasteiger partial charge in [0.2, 0.25) is 5.91 Å². The molecule has 2 heterocycles. The fraction of sp³-hybridized carbons (Fsp3) is 0.538. The van der Waals surface area contributed by atoms with Gasteiger partial charge in [-0.05, 0) is 43.9 Å². The first-order chi connectivity index (χ1) is 8.59. The number of nitrogens with zero attached hydrogens (tertiary/aromatic N) is 2. The van der Waals surface area contributed by atoms with Crippen LogP contribution in [0.5, 0.6) is 0 Å². The Bertz CT molecular complexity index is 434. The van der Waals surface area contributed by atoms with Crippen LogP contribution < -0.4 is 10.6 Å². The van der Waals surface area contributed by atoms with E-state index in [2.05, 4.69) is 4.98 Å². The number of amides is 1. The third kappa shape index (κ3) is 2.61. The van der Waals surface area contributed by atoms with E-state index in [1.807, 2.05) is 11.0 Å². The van der Waals surface area contributed by atoms with Crippen molar-refractivity contribution in [3.63, 3.8) is 0 Å². The van der Waals surface area contributed by atoms with Gasteiger partial charge in [-0.15, -0.1) is 0 Å². The highest BCUT2D eigenvalue weighted by Gasteiger charge is 2.28. The van der Waals surface area contributed by atoms with Gasteiger partial charge < -0.3 is 15.7 Å². The van der Waals surface area contributed by atoms with E-state index in [-0.39, 0.29) is 11.9 Å². The largest absolute Gasteiger partial charge is 0.389 e. The van der Waals surface area contributed by atoms with Crippen molar-refractivity contribution in [3.8, 4) is 0 Å². The normalized spacial score (nSPS) is 21.7. The Morgan fingerprint density at radius 3 is 3.06 bits per heavy atom. The molecular formula is C13H19N3O2. The minimum Gasteiger partial charge on any atom is -0.389 e. The van der Waals surface area contributed by atoms with E-state index >= 15 is 0 Å². The van der Waals surface area contributed by atoms with Gasteiger partial charge in [0.05, 0.1) is 6.10 Å². The lowest BCUT2D eigenvalue weighted by Crippen LogP contribution is -2.48. The van der Waals surface area contributed by atoms with E-state index in [0.717, 1.165) is 37.2 Å². The zero-order valence-electron chi connectivity index (χ0n) is 10.5. The van der Waals surface area contributed by atoms with Gasteiger partial charge >= 0.3 is 0 Å². The summed E-state index contributed by atoms with van der Waals surface area (Å²) in [6.45, 7) is 2.49. The average molecular weight is 249 g/mol. The number of anilines is 1. The molecule has 2 unspecified atom stereocenters. The lowest BCUT2D eigenvalue weighted by atomic mass is 10.0. The van der Waals surface area contributed by atoms with Crippen LogP contribution in [-0.2, 0) is 4.79 Å². The monoisotopic (exact) mass is 249 g/mol. The fourth-order valence-electron chi connectivity index (χ4n) is 2.35. The topological polar surface area (TPSA) is 79.5 Å². The van der Waals surface area contributed by atoms with Gasteiger partial charge in [0.15, 0.2) is 0 Å². The number of aliphatic hydroxyl groups excluding tert-OH is 1. The predicted octanol–water partition coefficient (Wildman–Crippen LogP) is 0.979. The fourth-order valence-corrected chi connectivity index (χ4v) is 2.35. The highest BCUT2D eigenvalue weighted by molar-refractivity contribution is 5.83. The molecule has 0 aliphatic carbocycles. The maximum Gasteiger partial charge on any atom is 0.240 e. The Kier molecular flexibility index (Phi) is 3.81. The number of aromatic nitrogens is 1. The van der Waals surface area contributed by atoms with E-state index in [4.69, 9.17) is 5.73 Å². The molecular weight excluding hydrogens is 230 g/mol. The highest BCUT2D eigenvalue weighted by atomic mass is 16.3. The second-order valence-electron chi connectivity index (χ2n) is 4.73. The Morgan fingerprint density at radius 1 is 1.61 bits per heavy atom. The Hall–Kier alpha value is -1.62. The maximum atomic E-state index is 11.5. The van der Waals surface area contributed by atoms with Gasteiger partial charge in [-0.2, -0.15) is 0 Å².